The van der Waals surface area contributed by atoms with E-state index < -0.39 is 71.4 Å². The van der Waals surface area contributed by atoms with Gasteiger partial charge in [0, 0.05) is 33.6 Å². The molecule has 2 rings (SSSR count). The van der Waals surface area contributed by atoms with Gasteiger partial charge in [-0.3, -0.25) is 28.8 Å². The van der Waals surface area contributed by atoms with Gasteiger partial charge >= 0.3 is 5.97 Å². The van der Waals surface area contributed by atoms with Gasteiger partial charge in [-0.25, -0.2) is 0 Å². The number of carbonyl (C=O) groups is 6. The molecule has 6 atom stereocenters. The van der Waals surface area contributed by atoms with Gasteiger partial charge in [0.05, 0.1) is 12.0 Å². The molecular weight excluding hydrogens is 558 g/mol. The summed E-state index contributed by atoms with van der Waals surface area (Å²) in [5.41, 5.74) is -1.36. The Kier molecular flexibility index (Phi) is 12.5. The maximum Gasteiger partial charge on any atom is 0.308 e. The Morgan fingerprint density at radius 3 is 2.16 bits per heavy atom. The number of hydrogen-bond acceptors (Lipinski definition) is 8. The SMILES string of the molecule is CCC(C)[C@@H]1NC(=O)[C@@H]2CCCN2C(=O)[C@@H](CC(C)(C)O)OC(=O)CCNC(=O)[C@H](C)N(C)C(=O)[C@H](C(C)C)N(C)C1=O. The number of nitrogens with one attached hydrogen (secondary N) is 2. The van der Waals surface area contributed by atoms with Crippen LogP contribution in [0.3, 0.4) is 0 Å². The molecule has 0 aromatic heterocycles. The fourth-order valence-electron chi connectivity index (χ4n) is 5.54. The molecule has 2 saturated heterocycles. The average Bonchev–Trinajstić information content (AvgIpc) is 3.42. The number of amides is 5. The molecule has 0 radical (unpaired) electrons. The smallest absolute Gasteiger partial charge is 0.308 e. The van der Waals surface area contributed by atoms with Crippen LogP contribution in [0.1, 0.15) is 80.6 Å². The molecule has 43 heavy (non-hydrogen) atoms. The molecule has 244 valence electrons. The fraction of sp³-hybridized carbons (Fsp3) is 0.800. The molecule has 0 bridgehead atoms. The fourth-order valence-corrected chi connectivity index (χ4v) is 5.54. The van der Waals surface area contributed by atoms with Gasteiger partial charge in [-0.1, -0.05) is 34.1 Å². The van der Waals surface area contributed by atoms with Crippen molar-refractivity contribution in [2.45, 2.75) is 116 Å². The van der Waals surface area contributed by atoms with E-state index in [0.29, 0.717) is 19.3 Å². The zero-order valence-electron chi connectivity index (χ0n) is 27.1. The molecular formula is C30H51N5O8. The number of aliphatic hydroxyl groups is 1. The summed E-state index contributed by atoms with van der Waals surface area (Å²) in [6, 6.07) is -3.72. The second kappa shape index (κ2) is 15.0. The van der Waals surface area contributed by atoms with Crippen LogP contribution in [-0.2, 0) is 33.5 Å². The zero-order valence-corrected chi connectivity index (χ0v) is 27.1. The first-order valence-corrected chi connectivity index (χ1v) is 15.2. The maximum atomic E-state index is 13.9. The number of hydrogen-bond donors (Lipinski definition) is 3. The molecule has 0 aromatic carbocycles. The third kappa shape index (κ3) is 9.14. The van der Waals surface area contributed by atoms with Crippen molar-refractivity contribution in [3.8, 4) is 0 Å². The lowest BCUT2D eigenvalue weighted by Gasteiger charge is -2.38. The van der Waals surface area contributed by atoms with E-state index in [1.54, 1.807) is 20.8 Å². The van der Waals surface area contributed by atoms with E-state index >= 15 is 0 Å². The van der Waals surface area contributed by atoms with Crippen LogP contribution in [0, 0.1) is 11.8 Å². The predicted molar refractivity (Wildman–Crippen MR) is 158 cm³/mol. The molecule has 2 fully saturated rings. The van der Waals surface area contributed by atoms with Gasteiger partial charge < -0.3 is 35.2 Å². The van der Waals surface area contributed by atoms with Gasteiger partial charge in [0.15, 0.2) is 6.10 Å². The van der Waals surface area contributed by atoms with Crippen LogP contribution < -0.4 is 10.6 Å². The summed E-state index contributed by atoms with van der Waals surface area (Å²) in [6.45, 7) is 12.0. The Morgan fingerprint density at radius 1 is 0.977 bits per heavy atom. The van der Waals surface area contributed by atoms with Crippen molar-refractivity contribution in [1.82, 2.24) is 25.3 Å². The third-order valence-corrected chi connectivity index (χ3v) is 8.44. The summed E-state index contributed by atoms with van der Waals surface area (Å²) < 4.78 is 5.50. The number of carbonyl (C=O) groups excluding carboxylic acids is 6. The van der Waals surface area contributed by atoms with Crippen LogP contribution in [0.15, 0.2) is 0 Å². The average molecular weight is 610 g/mol. The third-order valence-electron chi connectivity index (χ3n) is 8.44. The number of nitrogens with zero attached hydrogens (tertiary/aromatic N) is 3. The number of rotatable bonds is 5. The number of likely N-dealkylation sites (N-methyl/N-ethyl adjacent to an activating group) is 2. The van der Waals surface area contributed by atoms with E-state index in [2.05, 4.69) is 10.6 Å². The molecule has 1 unspecified atom stereocenters. The van der Waals surface area contributed by atoms with Gasteiger partial charge in [-0.15, -0.1) is 0 Å². The lowest BCUT2D eigenvalue weighted by Crippen LogP contribution is -2.61. The largest absolute Gasteiger partial charge is 0.452 e. The predicted octanol–water partition coefficient (Wildman–Crippen LogP) is 0.431. The van der Waals surface area contributed by atoms with E-state index in [1.807, 2.05) is 13.8 Å². The summed E-state index contributed by atoms with van der Waals surface area (Å²) in [5.74, 6) is -3.91. The first-order chi connectivity index (χ1) is 19.9. The molecule has 3 N–H and O–H groups in total. The van der Waals surface area contributed by atoms with Gasteiger partial charge in [0.1, 0.15) is 24.2 Å². The Balaban J connectivity index is 2.56. The highest BCUT2D eigenvalue weighted by Gasteiger charge is 2.43. The first kappa shape index (κ1) is 36.0. The summed E-state index contributed by atoms with van der Waals surface area (Å²) in [6.07, 6.45) is -0.383. The monoisotopic (exact) mass is 609 g/mol. The summed E-state index contributed by atoms with van der Waals surface area (Å²) in [4.78, 5) is 84.6. The minimum Gasteiger partial charge on any atom is -0.452 e. The minimum atomic E-state index is -1.36. The molecule has 0 aliphatic carbocycles. The van der Waals surface area contributed by atoms with Crippen molar-refractivity contribution in [3.63, 3.8) is 0 Å². The van der Waals surface area contributed by atoms with Crippen molar-refractivity contribution < 1.29 is 38.6 Å². The molecule has 2 aliphatic heterocycles. The van der Waals surface area contributed by atoms with Crippen molar-refractivity contribution >= 4 is 35.5 Å². The van der Waals surface area contributed by atoms with Crippen LogP contribution in [-0.4, -0.2) is 118 Å². The van der Waals surface area contributed by atoms with E-state index in [4.69, 9.17) is 4.74 Å². The highest BCUT2D eigenvalue weighted by molar-refractivity contribution is 5.96. The Bertz CT molecular complexity index is 1060. The second-order valence-electron chi connectivity index (χ2n) is 12.9. The second-order valence-corrected chi connectivity index (χ2v) is 12.9. The molecule has 0 aromatic rings. The molecule has 0 spiro atoms. The number of cyclic esters (lactones) is 1. The van der Waals surface area contributed by atoms with Crippen molar-refractivity contribution in [3.05, 3.63) is 0 Å². The Morgan fingerprint density at radius 2 is 1.60 bits per heavy atom. The molecule has 2 aliphatic rings. The molecule has 0 saturated carbocycles. The van der Waals surface area contributed by atoms with E-state index in [9.17, 15) is 33.9 Å². The van der Waals surface area contributed by atoms with E-state index in [1.165, 1.54) is 42.6 Å². The van der Waals surface area contributed by atoms with Crippen molar-refractivity contribution in [2.24, 2.45) is 11.8 Å². The molecule has 13 heteroatoms. The molecule has 2 heterocycles. The standard InChI is InChI=1S/C30H51N5O8/c1-10-18(4)23-28(40)34(9)24(17(2)3)29(41)33(8)19(5)25(37)31-14-13-22(36)43-21(16-30(6,7)42)27(39)35-15-11-12-20(35)26(38)32-23/h17-21,23-24,42H,10-16H2,1-9H3,(H,31,37)(H,32,38)/t18?,19-,20-,21+,23-,24-/m0/s1. The summed E-state index contributed by atoms with van der Waals surface area (Å²) in [7, 11) is 3.00. The topological polar surface area (TPSA) is 166 Å². The Hall–Kier alpha value is -3.22. The highest BCUT2D eigenvalue weighted by Crippen LogP contribution is 2.25. The summed E-state index contributed by atoms with van der Waals surface area (Å²) in [5, 5.41) is 15.9. The van der Waals surface area contributed by atoms with Gasteiger partial charge in [0.25, 0.3) is 5.91 Å². The minimum absolute atomic E-state index is 0.106. The first-order valence-electron chi connectivity index (χ1n) is 15.2. The van der Waals surface area contributed by atoms with E-state index in [-0.39, 0.29) is 37.8 Å². The summed E-state index contributed by atoms with van der Waals surface area (Å²) >= 11 is 0. The number of ether oxygens (including phenoxy) is 1. The van der Waals surface area contributed by atoms with Crippen LogP contribution in [0.25, 0.3) is 0 Å². The van der Waals surface area contributed by atoms with Gasteiger partial charge in [-0.05, 0) is 45.4 Å². The number of esters is 1. The lowest BCUT2D eigenvalue weighted by atomic mass is 9.94. The highest BCUT2D eigenvalue weighted by atomic mass is 16.5. The van der Waals surface area contributed by atoms with Crippen LogP contribution in [0.4, 0.5) is 0 Å². The van der Waals surface area contributed by atoms with Crippen molar-refractivity contribution in [2.75, 3.05) is 27.2 Å². The van der Waals surface area contributed by atoms with Crippen LogP contribution >= 0.6 is 0 Å². The number of fused-ring (bicyclic) bond motifs is 1. The van der Waals surface area contributed by atoms with Crippen LogP contribution in [0.5, 0.6) is 0 Å². The lowest BCUT2D eigenvalue weighted by molar-refractivity contribution is -0.164. The normalized spacial score (nSPS) is 28.5. The Labute approximate surface area is 255 Å². The quantitative estimate of drug-likeness (QED) is 0.378. The van der Waals surface area contributed by atoms with Crippen LogP contribution in [0.2, 0.25) is 0 Å². The molecule has 13 nitrogen and oxygen atoms in total. The van der Waals surface area contributed by atoms with Gasteiger partial charge in [-0.2, -0.15) is 0 Å². The zero-order chi connectivity index (χ0) is 32.8. The van der Waals surface area contributed by atoms with Crippen molar-refractivity contribution in [1.29, 1.82) is 0 Å². The maximum absolute atomic E-state index is 13.9. The van der Waals surface area contributed by atoms with E-state index in [0.717, 1.165) is 0 Å². The van der Waals surface area contributed by atoms with Gasteiger partial charge in [0.2, 0.25) is 23.6 Å². The molecule has 5 amide bonds.